The number of rotatable bonds is 3. The van der Waals surface area contributed by atoms with Gasteiger partial charge >= 0.3 is 0 Å². The lowest BCUT2D eigenvalue weighted by molar-refractivity contribution is 0.180. The molecule has 0 aliphatic carbocycles. The van der Waals surface area contributed by atoms with E-state index in [1.807, 2.05) is 10.6 Å². The maximum atomic E-state index is 9.40. The second-order valence-electron chi connectivity index (χ2n) is 3.14. The summed E-state index contributed by atoms with van der Waals surface area (Å²) in [5.74, 6) is 0.806. The van der Waals surface area contributed by atoms with Crippen molar-refractivity contribution in [1.82, 2.24) is 14.4 Å². The van der Waals surface area contributed by atoms with Crippen LogP contribution in [0.3, 0.4) is 0 Å². The smallest absolute Gasteiger partial charge is 0.115 e. The average molecular weight is 192 g/mol. The number of aliphatic hydroxyl groups is 1. The monoisotopic (exact) mass is 192 g/mol. The van der Waals surface area contributed by atoms with Crippen LogP contribution in [-0.2, 0) is 6.42 Å². The summed E-state index contributed by atoms with van der Waals surface area (Å²) in [4.78, 5) is 8.17. The van der Waals surface area contributed by atoms with E-state index in [0.717, 1.165) is 11.3 Å². The Labute approximate surface area is 81.2 Å². The van der Waals surface area contributed by atoms with Crippen LogP contribution in [0.1, 0.15) is 5.82 Å². The lowest BCUT2D eigenvalue weighted by Crippen LogP contribution is -2.23. The van der Waals surface area contributed by atoms with Crippen molar-refractivity contribution in [2.75, 3.05) is 6.54 Å². The van der Waals surface area contributed by atoms with Crippen molar-refractivity contribution in [3.05, 3.63) is 30.6 Å². The summed E-state index contributed by atoms with van der Waals surface area (Å²) in [7, 11) is 0. The predicted molar refractivity (Wildman–Crippen MR) is 51.8 cm³/mol. The van der Waals surface area contributed by atoms with E-state index in [0.29, 0.717) is 6.42 Å². The lowest BCUT2D eigenvalue weighted by Gasteiger charge is -2.05. The largest absolute Gasteiger partial charge is 0.391 e. The van der Waals surface area contributed by atoms with Crippen LogP contribution in [0.2, 0.25) is 0 Å². The highest BCUT2D eigenvalue weighted by atomic mass is 16.3. The van der Waals surface area contributed by atoms with Crippen molar-refractivity contribution in [3.8, 4) is 0 Å². The summed E-state index contributed by atoms with van der Waals surface area (Å²) in [6, 6.07) is 0. The highest BCUT2D eigenvalue weighted by molar-refractivity contribution is 5.42. The molecular formula is C9H12N4O. The summed E-state index contributed by atoms with van der Waals surface area (Å²) >= 11 is 0. The lowest BCUT2D eigenvalue weighted by atomic mass is 10.2. The van der Waals surface area contributed by atoms with Gasteiger partial charge in [-0.2, -0.15) is 0 Å². The Hall–Kier alpha value is -1.46. The molecule has 3 N–H and O–H groups in total. The van der Waals surface area contributed by atoms with E-state index in [1.54, 1.807) is 18.6 Å². The minimum absolute atomic E-state index is 0.250. The minimum Gasteiger partial charge on any atom is -0.391 e. The number of aliphatic hydroxyl groups excluding tert-OH is 1. The first-order chi connectivity index (χ1) is 6.81. The van der Waals surface area contributed by atoms with Crippen molar-refractivity contribution in [1.29, 1.82) is 0 Å². The van der Waals surface area contributed by atoms with Crippen molar-refractivity contribution in [2.45, 2.75) is 12.5 Å². The Morgan fingerprint density at radius 1 is 1.50 bits per heavy atom. The van der Waals surface area contributed by atoms with Crippen LogP contribution in [0, 0.1) is 0 Å². The SMILES string of the molecule is NCC(O)Cc1ncc2cnccn12. The van der Waals surface area contributed by atoms with Crippen LogP contribution in [-0.4, -0.2) is 32.1 Å². The molecule has 0 aliphatic rings. The van der Waals surface area contributed by atoms with Crippen LogP contribution < -0.4 is 5.73 Å². The molecule has 2 rings (SSSR count). The van der Waals surface area contributed by atoms with Gasteiger partial charge in [-0.15, -0.1) is 0 Å². The normalized spacial score (nSPS) is 13.3. The zero-order valence-corrected chi connectivity index (χ0v) is 7.67. The van der Waals surface area contributed by atoms with Gasteiger partial charge in [0.2, 0.25) is 0 Å². The van der Waals surface area contributed by atoms with Gasteiger partial charge in [-0.3, -0.25) is 4.98 Å². The third-order valence-electron chi connectivity index (χ3n) is 2.10. The topological polar surface area (TPSA) is 76.4 Å². The van der Waals surface area contributed by atoms with Gasteiger partial charge in [-0.1, -0.05) is 0 Å². The Morgan fingerprint density at radius 3 is 3.14 bits per heavy atom. The Morgan fingerprint density at radius 2 is 2.36 bits per heavy atom. The van der Waals surface area contributed by atoms with E-state index in [1.165, 1.54) is 0 Å². The number of fused-ring (bicyclic) bond motifs is 1. The first-order valence-electron chi connectivity index (χ1n) is 4.45. The zero-order chi connectivity index (χ0) is 9.97. The first kappa shape index (κ1) is 9.11. The molecule has 2 heterocycles. The van der Waals surface area contributed by atoms with E-state index < -0.39 is 6.10 Å². The van der Waals surface area contributed by atoms with Crippen molar-refractivity contribution < 1.29 is 5.11 Å². The summed E-state index contributed by atoms with van der Waals surface area (Å²) in [6.07, 6.45) is 6.90. The van der Waals surface area contributed by atoms with Gasteiger partial charge in [0.1, 0.15) is 5.82 Å². The molecule has 74 valence electrons. The van der Waals surface area contributed by atoms with E-state index >= 15 is 0 Å². The van der Waals surface area contributed by atoms with E-state index in [4.69, 9.17) is 5.73 Å². The molecule has 14 heavy (non-hydrogen) atoms. The Bertz CT molecular complexity index is 425. The van der Waals surface area contributed by atoms with Crippen LogP contribution in [0.5, 0.6) is 0 Å². The zero-order valence-electron chi connectivity index (χ0n) is 7.67. The molecule has 1 unspecified atom stereocenters. The second-order valence-corrected chi connectivity index (χ2v) is 3.14. The molecule has 2 aromatic heterocycles. The molecule has 0 fully saturated rings. The fourth-order valence-corrected chi connectivity index (χ4v) is 1.35. The third-order valence-corrected chi connectivity index (χ3v) is 2.10. The highest BCUT2D eigenvalue weighted by Gasteiger charge is 2.08. The molecule has 0 aliphatic heterocycles. The van der Waals surface area contributed by atoms with Gasteiger partial charge in [0.15, 0.2) is 0 Å². The molecule has 2 aromatic rings. The quantitative estimate of drug-likeness (QED) is 0.693. The van der Waals surface area contributed by atoms with Crippen molar-refractivity contribution in [2.24, 2.45) is 5.73 Å². The minimum atomic E-state index is -0.534. The predicted octanol–water partition coefficient (Wildman–Crippen LogP) is -0.409. The Balaban J connectivity index is 2.33. The second kappa shape index (κ2) is 3.73. The average Bonchev–Trinajstić information content (AvgIpc) is 2.62. The van der Waals surface area contributed by atoms with Crippen molar-refractivity contribution in [3.63, 3.8) is 0 Å². The summed E-state index contributed by atoms with van der Waals surface area (Å²) < 4.78 is 1.89. The molecule has 0 saturated carbocycles. The molecule has 5 nitrogen and oxygen atoms in total. The number of nitrogens with zero attached hydrogens (tertiary/aromatic N) is 3. The van der Waals surface area contributed by atoms with Gasteiger partial charge in [0.25, 0.3) is 0 Å². The molecule has 0 saturated heterocycles. The van der Waals surface area contributed by atoms with Crippen LogP contribution in [0.15, 0.2) is 24.8 Å². The fraction of sp³-hybridized carbons (Fsp3) is 0.333. The van der Waals surface area contributed by atoms with E-state index in [2.05, 4.69) is 9.97 Å². The number of hydrogen-bond acceptors (Lipinski definition) is 4. The van der Waals surface area contributed by atoms with E-state index in [9.17, 15) is 5.11 Å². The van der Waals surface area contributed by atoms with E-state index in [-0.39, 0.29) is 6.54 Å². The molecule has 0 bridgehead atoms. The summed E-state index contributed by atoms with van der Waals surface area (Å²) in [5, 5.41) is 9.40. The van der Waals surface area contributed by atoms with Gasteiger partial charge in [0, 0.05) is 25.4 Å². The molecular weight excluding hydrogens is 180 g/mol. The van der Waals surface area contributed by atoms with Gasteiger partial charge in [-0.05, 0) is 0 Å². The number of nitrogens with two attached hydrogens (primary N) is 1. The number of imidazole rings is 1. The molecule has 0 spiro atoms. The van der Waals surface area contributed by atoms with Crippen LogP contribution in [0.25, 0.3) is 5.52 Å². The molecule has 0 radical (unpaired) electrons. The first-order valence-corrected chi connectivity index (χ1v) is 4.45. The molecule has 1 atom stereocenters. The van der Waals surface area contributed by atoms with Gasteiger partial charge in [0.05, 0.1) is 24.0 Å². The third kappa shape index (κ3) is 1.59. The van der Waals surface area contributed by atoms with Crippen LogP contribution in [0.4, 0.5) is 0 Å². The van der Waals surface area contributed by atoms with Gasteiger partial charge in [-0.25, -0.2) is 4.98 Å². The van der Waals surface area contributed by atoms with Crippen LogP contribution >= 0.6 is 0 Å². The molecule has 5 heteroatoms. The fourth-order valence-electron chi connectivity index (χ4n) is 1.35. The maximum Gasteiger partial charge on any atom is 0.115 e. The summed E-state index contributed by atoms with van der Waals surface area (Å²) in [5.41, 5.74) is 6.26. The number of hydrogen-bond donors (Lipinski definition) is 2. The standard InChI is InChI=1S/C9H12N4O/c10-4-8(14)3-9-12-6-7-5-11-1-2-13(7)9/h1-2,5-6,8,14H,3-4,10H2. The van der Waals surface area contributed by atoms with Crippen molar-refractivity contribution >= 4 is 5.52 Å². The van der Waals surface area contributed by atoms with Gasteiger partial charge < -0.3 is 15.2 Å². The molecule has 0 aromatic carbocycles. The number of aromatic nitrogens is 3. The highest BCUT2D eigenvalue weighted by Crippen LogP contribution is 2.06. The summed E-state index contributed by atoms with van der Waals surface area (Å²) in [6.45, 7) is 0.250. The maximum absolute atomic E-state index is 9.40. The Kier molecular flexibility index (Phi) is 2.43. The molecule has 0 amide bonds.